The summed E-state index contributed by atoms with van der Waals surface area (Å²) >= 11 is 1.71. The van der Waals surface area contributed by atoms with Crippen LogP contribution in [0.4, 0.5) is 5.69 Å². The number of hydrogen-bond donors (Lipinski definition) is 1. The van der Waals surface area contributed by atoms with Crippen LogP contribution in [-0.4, -0.2) is 47.9 Å². The number of thioether (sulfide) groups is 1. The second-order valence-electron chi connectivity index (χ2n) is 7.21. The molecule has 1 heterocycles. The first-order valence-corrected chi connectivity index (χ1v) is 11.3. The van der Waals surface area contributed by atoms with Gasteiger partial charge in [0.25, 0.3) is 0 Å². The van der Waals surface area contributed by atoms with E-state index >= 15 is 0 Å². The van der Waals surface area contributed by atoms with Crippen molar-refractivity contribution in [2.24, 2.45) is 5.73 Å². The zero-order valence-electron chi connectivity index (χ0n) is 16.7. The number of amides is 2. The molecule has 6 heteroatoms. The highest BCUT2D eigenvalue weighted by atomic mass is 32.2. The quantitative estimate of drug-likeness (QED) is 0.854. The van der Waals surface area contributed by atoms with Gasteiger partial charge in [-0.2, -0.15) is 11.8 Å². The summed E-state index contributed by atoms with van der Waals surface area (Å²) in [5.41, 5.74) is 8.11. The molecule has 150 valence electrons. The fraction of sp³-hybridized carbons (Fsp3) is 0.619. The molecule has 1 aliphatic heterocycles. The predicted molar refractivity (Wildman–Crippen MR) is 114 cm³/mol. The number of nitrogens with two attached hydrogens (primary N) is 1. The zero-order chi connectivity index (χ0) is 19.6. The Morgan fingerprint density at radius 3 is 2.48 bits per heavy atom. The van der Waals surface area contributed by atoms with E-state index < -0.39 is 6.04 Å². The first kappa shape index (κ1) is 21.8. The van der Waals surface area contributed by atoms with Crippen molar-refractivity contribution in [1.29, 1.82) is 0 Å². The summed E-state index contributed by atoms with van der Waals surface area (Å²) in [5.74, 6) is 0.953. The van der Waals surface area contributed by atoms with Gasteiger partial charge in [0, 0.05) is 32.2 Å². The molecule has 1 aromatic carbocycles. The van der Waals surface area contributed by atoms with E-state index in [4.69, 9.17) is 5.73 Å². The molecule has 1 atom stereocenters. The fourth-order valence-electron chi connectivity index (χ4n) is 3.53. The maximum atomic E-state index is 13.0. The molecular formula is C21H33N3O2S. The topological polar surface area (TPSA) is 66.6 Å². The Morgan fingerprint density at radius 1 is 1.11 bits per heavy atom. The van der Waals surface area contributed by atoms with E-state index in [-0.39, 0.29) is 11.8 Å². The van der Waals surface area contributed by atoms with Crippen LogP contribution in [0.5, 0.6) is 0 Å². The maximum absolute atomic E-state index is 13.0. The smallest absolute Gasteiger partial charge is 0.239 e. The third-order valence-electron chi connectivity index (χ3n) is 5.10. The van der Waals surface area contributed by atoms with Crippen LogP contribution in [0, 0.1) is 0 Å². The predicted octanol–water partition coefficient (Wildman–Crippen LogP) is 3.41. The van der Waals surface area contributed by atoms with Crippen LogP contribution in [0.25, 0.3) is 0 Å². The Kier molecular flexibility index (Phi) is 9.15. The first-order chi connectivity index (χ1) is 13.0. The monoisotopic (exact) mass is 391 g/mol. The van der Waals surface area contributed by atoms with Gasteiger partial charge in [-0.05, 0) is 42.9 Å². The van der Waals surface area contributed by atoms with Crippen molar-refractivity contribution in [3.05, 3.63) is 29.8 Å². The number of nitrogens with zero attached hydrogens (tertiary/aromatic N) is 2. The average molecular weight is 392 g/mol. The number of carbonyl (C=O) groups excluding carboxylic acids is 2. The molecular weight excluding hydrogens is 358 g/mol. The third kappa shape index (κ3) is 6.54. The van der Waals surface area contributed by atoms with Crippen molar-refractivity contribution in [2.45, 2.75) is 58.0 Å². The molecule has 0 fully saturated rings. The van der Waals surface area contributed by atoms with Crippen LogP contribution in [0.15, 0.2) is 24.3 Å². The molecule has 0 saturated heterocycles. The molecule has 27 heavy (non-hydrogen) atoms. The Hall–Kier alpha value is -1.53. The Bertz CT molecular complexity index is 623. The van der Waals surface area contributed by atoms with E-state index in [1.54, 1.807) is 18.7 Å². The lowest BCUT2D eigenvalue weighted by Gasteiger charge is -2.30. The Morgan fingerprint density at radius 2 is 1.78 bits per heavy atom. The maximum Gasteiger partial charge on any atom is 0.239 e. The van der Waals surface area contributed by atoms with E-state index in [1.807, 2.05) is 40.3 Å². The van der Waals surface area contributed by atoms with Gasteiger partial charge in [-0.3, -0.25) is 9.59 Å². The standard InChI is InChI=1S/C21H33N3O2S/c1-17(25)24-14-9-5-3-4-8-13-23(21(26)19(22)12-15-27-2)16-18-10-6-7-11-20(18)24/h6-7,10-11,19H,3-5,8-9,12-16,22H2,1-2H3/t19-/m0/s1. The number of carbonyl (C=O) groups is 2. The van der Waals surface area contributed by atoms with Crippen molar-refractivity contribution < 1.29 is 9.59 Å². The van der Waals surface area contributed by atoms with Crippen molar-refractivity contribution in [1.82, 2.24) is 4.90 Å². The van der Waals surface area contributed by atoms with Gasteiger partial charge in [-0.1, -0.05) is 37.5 Å². The number of rotatable bonds is 4. The number of anilines is 1. The van der Waals surface area contributed by atoms with E-state index in [0.717, 1.165) is 62.2 Å². The summed E-state index contributed by atoms with van der Waals surface area (Å²) in [6.07, 6.45) is 8.07. The number of para-hydroxylation sites is 1. The van der Waals surface area contributed by atoms with Gasteiger partial charge in [0.05, 0.1) is 6.04 Å². The highest BCUT2D eigenvalue weighted by Gasteiger charge is 2.23. The van der Waals surface area contributed by atoms with Gasteiger partial charge in [0.15, 0.2) is 0 Å². The van der Waals surface area contributed by atoms with Gasteiger partial charge in [0.2, 0.25) is 11.8 Å². The van der Waals surface area contributed by atoms with Crippen LogP contribution in [0.1, 0.15) is 51.0 Å². The van der Waals surface area contributed by atoms with E-state index in [9.17, 15) is 9.59 Å². The average Bonchev–Trinajstić information content (AvgIpc) is 2.65. The molecule has 2 rings (SSSR count). The molecule has 0 aromatic heterocycles. The molecule has 2 N–H and O–H groups in total. The Balaban J connectivity index is 2.28. The number of fused-ring (bicyclic) bond motifs is 1. The van der Waals surface area contributed by atoms with Crippen LogP contribution in [0.2, 0.25) is 0 Å². The normalized spacial score (nSPS) is 17.4. The minimum Gasteiger partial charge on any atom is -0.337 e. The molecule has 0 saturated carbocycles. The fourth-order valence-corrected chi connectivity index (χ4v) is 4.02. The van der Waals surface area contributed by atoms with Crippen LogP contribution in [0.3, 0.4) is 0 Å². The van der Waals surface area contributed by atoms with Crippen LogP contribution >= 0.6 is 11.8 Å². The summed E-state index contributed by atoms with van der Waals surface area (Å²) < 4.78 is 0. The molecule has 1 aromatic rings. The van der Waals surface area contributed by atoms with Gasteiger partial charge >= 0.3 is 0 Å². The lowest BCUT2D eigenvalue weighted by Crippen LogP contribution is -2.44. The van der Waals surface area contributed by atoms with Crippen molar-refractivity contribution in [3.8, 4) is 0 Å². The van der Waals surface area contributed by atoms with E-state index in [2.05, 4.69) is 0 Å². The summed E-state index contributed by atoms with van der Waals surface area (Å²) in [7, 11) is 0. The molecule has 0 aliphatic carbocycles. The minimum absolute atomic E-state index is 0.0188. The molecule has 0 radical (unpaired) electrons. The van der Waals surface area contributed by atoms with Crippen molar-refractivity contribution in [2.75, 3.05) is 30.0 Å². The van der Waals surface area contributed by atoms with Gasteiger partial charge in [-0.25, -0.2) is 0 Å². The van der Waals surface area contributed by atoms with Gasteiger partial charge in [0.1, 0.15) is 0 Å². The van der Waals surface area contributed by atoms with Gasteiger partial charge < -0.3 is 15.5 Å². The lowest BCUT2D eigenvalue weighted by molar-refractivity contribution is -0.133. The van der Waals surface area contributed by atoms with E-state index in [0.29, 0.717) is 13.0 Å². The molecule has 2 amide bonds. The van der Waals surface area contributed by atoms with Crippen molar-refractivity contribution in [3.63, 3.8) is 0 Å². The SMILES string of the molecule is CSCC[C@H](N)C(=O)N1CCCCCCCN(C(C)=O)c2ccccc2C1. The summed E-state index contributed by atoms with van der Waals surface area (Å²) in [6.45, 7) is 3.57. The molecule has 0 spiro atoms. The molecule has 0 bridgehead atoms. The third-order valence-corrected chi connectivity index (χ3v) is 5.74. The molecule has 1 aliphatic rings. The number of hydrogen-bond acceptors (Lipinski definition) is 4. The van der Waals surface area contributed by atoms with Crippen molar-refractivity contribution >= 4 is 29.3 Å². The highest BCUT2D eigenvalue weighted by molar-refractivity contribution is 7.98. The second kappa shape index (κ2) is 11.3. The zero-order valence-corrected chi connectivity index (χ0v) is 17.5. The van der Waals surface area contributed by atoms with Gasteiger partial charge in [-0.15, -0.1) is 0 Å². The lowest BCUT2D eigenvalue weighted by atomic mass is 10.1. The minimum atomic E-state index is -0.457. The summed E-state index contributed by atoms with van der Waals surface area (Å²) in [6, 6.07) is 7.47. The molecule has 5 nitrogen and oxygen atoms in total. The summed E-state index contributed by atoms with van der Waals surface area (Å²) in [5, 5.41) is 0. The van der Waals surface area contributed by atoms with E-state index in [1.165, 1.54) is 0 Å². The first-order valence-electron chi connectivity index (χ1n) is 9.94. The molecule has 0 unspecified atom stereocenters. The largest absolute Gasteiger partial charge is 0.337 e. The van der Waals surface area contributed by atoms with Crippen LogP contribution in [-0.2, 0) is 16.1 Å². The summed E-state index contributed by atoms with van der Waals surface area (Å²) in [4.78, 5) is 28.9. The van der Waals surface area contributed by atoms with Crippen LogP contribution < -0.4 is 10.6 Å². The Labute approximate surface area is 167 Å². The number of benzene rings is 1. The second-order valence-corrected chi connectivity index (χ2v) is 8.20. The highest BCUT2D eigenvalue weighted by Crippen LogP contribution is 2.24.